The minimum absolute atomic E-state index is 0.191. The summed E-state index contributed by atoms with van der Waals surface area (Å²) in [6, 6.07) is 20.5. The molecular formula is C19H21NO2. The molecule has 0 aliphatic carbocycles. The summed E-state index contributed by atoms with van der Waals surface area (Å²) in [6.07, 6.45) is 1.52. The van der Waals surface area contributed by atoms with Crippen LogP contribution < -0.4 is 0 Å². The third kappa shape index (κ3) is 3.74. The van der Waals surface area contributed by atoms with E-state index in [1.165, 1.54) is 11.1 Å². The van der Waals surface area contributed by atoms with Crippen LogP contribution in [-0.2, 0) is 22.7 Å². The van der Waals surface area contributed by atoms with E-state index in [4.69, 9.17) is 4.74 Å². The molecule has 1 heterocycles. The fourth-order valence-electron chi connectivity index (χ4n) is 2.85. The number of likely N-dealkylation sites (tertiary alicyclic amines) is 1. The van der Waals surface area contributed by atoms with Gasteiger partial charge in [0.05, 0.1) is 19.3 Å². The van der Waals surface area contributed by atoms with Crippen LogP contribution in [0.1, 0.15) is 24.0 Å². The largest absolute Gasteiger partial charge is 0.375 e. The summed E-state index contributed by atoms with van der Waals surface area (Å²) >= 11 is 0. The van der Waals surface area contributed by atoms with Crippen LogP contribution in [0.25, 0.3) is 0 Å². The second-order valence-electron chi connectivity index (χ2n) is 5.70. The van der Waals surface area contributed by atoms with Crippen LogP contribution >= 0.6 is 0 Å². The van der Waals surface area contributed by atoms with Crippen molar-refractivity contribution in [1.29, 1.82) is 0 Å². The lowest BCUT2D eigenvalue weighted by atomic mass is 10.2. The van der Waals surface area contributed by atoms with Gasteiger partial charge in [0.15, 0.2) is 0 Å². The maximum absolute atomic E-state index is 12.1. The average molecular weight is 295 g/mol. The summed E-state index contributed by atoms with van der Waals surface area (Å²) in [7, 11) is 0. The van der Waals surface area contributed by atoms with Gasteiger partial charge in [0, 0.05) is 13.0 Å². The van der Waals surface area contributed by atoms with Crippen molar-refractivity contribution in [2.45, 2.75) is 32.0 Å². The van der Waals surface area contributed by atoms with E-state index in [0.29, 0.717) is 26.2 Å². The molecule has 1 aliphatic heterocycles. The zero-order chi connectivity index (χ0) is 15.2. The maximum atomic E-state index is 12.1. The van der Waals surface area contributed by atoms with E-state index < -0.39 is 0 Å². The first kappa shape index (κ1) is 14.8. The van der Waals surface area contributed by atoms with Crippen LogP contribution in [-0.4, -0.2) is 23.5 Å². The van der Waals surface area contributed by atoms with Gasteiger partial charge in [0.1, 0.15) is 0 Å². The van der Waals surface area contributed by atoms with Gasteiger partial charge >= 0.3 is 0 Å². The molecule has 0 N–H and O–H groups in total. The van der Waals surface area contributed by atoms with Crippen LogP contribution in [0.2, 0.25) is 0 Å². The van der Waals surface area contributed by atoms with Gasteiger partial charge in [-0.05, 0) is 17.5 Å². The molecule has 1 aliphatic rings. The number of hydrogen-bond acceptors (Lipinski definition) is 2. The molecule has 1 amide bonds. The molecule has 3 rings (SSSR count). The molecule has 3 heteroatoms. The number of hydrogen-bond donors (Lipinski definition) is 0. The highest BCUT2D eigenvalue weighted by molar-refractivity contribution is 5.78. The molecule has 0 aromatic heterocycles. The molecule has 3 nitrogen and oxygen atoms in total. The first-order valence-electron chi connectivity index (χ1n) is 7.78. The van der Waals surface area contributed by atoms with Crippen molar-refractivity contribution in [2.75, 3.05) is 6.61 Å². The van der Waals surface area contributed by atoms with Crippen LogP contribution in [0, 0.1) is 0 Å². The maximum Gasteiger partial charge on any atom is 0.223 e. The lowest BCUT2D eigenvalue weighted by molar-refractivity contribution is -0.130. The second-order valence-corrected chi connectivity index (χ2v) is 5.70. The van der Waals surface area contributed by atoms with Crippen molar-refractivity contribution in [3.8, 4) is 0 Å². The third-order valence-electron chi connectivity index (χ3n) is 4.07. The summed E-state index contributed by atoms with van der Waals surface area (Å²) in [5.41, 5.74) is 2.34. The van der Waals surface area contributed by atoms with E-state index in [9.17, 15) is 4.79 Å². The molecule has 0 radical (unpaired) electrons. The SMILES string of the molecule is O=C1CC[C@@H](COCc2ccccc2)N1Cc1ccccc1. The molecule has 1 fully saturated rings. The van der Waals surface area contributed by atoms with Crippen molar-refractivity contribution in [3.05, 3.63) is 71.8 Å². The Labute approximate surface area is 131 Å². The number of benzene rings is 2. The van der Waals surface area contributed by atoms with Gasteiger partial charge in [-0.2, -0.15) is 0 Å². The van der Waals surface area contributed by atoms with E-state index in [1.54, 1.807) is 0 Å². The third-order valence-corrected chi connectivity index (χ3v) is 4.07. The van der Waals surface area contributed by atoms with Crippen LogP contribution in [0.4, 0.5) is 0 Å². The Morgan fingerprint density at radius 3 is 2.27 bits per heavy atom. The number of nitrogens with zero attached hydrogens (tertiary/aromatic N) is 1. The van der Waals surface area contributed by atoms with E-state index in [2.05, 4.69) is 24.3 Å². The van der Waals surface area contributed by atoms with Gasteiger partial charge in [-0.3, -0.25) is 4.79 Å². The predicted octanol–water partition coefficient (Wildman–Crippen LogP) is 3.39. The highest BCUT2D eigenvalue weighted by Gasteiger charge is 2.30. The highest BCUT2D eigenvalue weighted by atomic mass is 16.5. The van der Waals surface area contributed by atoms with Gasteiger partial charge in [0.2, 0.25) is 5.91 Å². The van der Waals surface area contributed by atoms with Gasteiger partial charge in [-0.25, -0.2) is 0 Å². The van der Waals surface area contributed by atoms with Gasteiger partial charge < -0.3 is 9.64 Å². The molecule has 0 unspecified atom stereocenters. The molecule has 0 saturated carbocycles. The average Bonchev–Trinajstić information content (AvgIpc) is 2.90. The van der Waals surface area contributed by atoms with Gasteiger partial charge in [0.25, 0.3) is 0 Å². The molecule has 1 atom stereocenters. The zero-order valence-corrected chi connectivity index (χ0v) is 12.7. The topological polar surface area (TPSA) is 29.5 Å². The predicted molar refractivity (Wildman–Crippen MR) is 86.1 cm³/mol. The Bertz CT molecular complexity index is 597. The highest BCUT2D eigenvalue weighted by Crippen LogP contribution is 2.22. The zero-order valence-electron chi connectivity index (χ0n) is 12.7. The van der Waals surface area contributed by atoms with E-state index >= 15 is 0 Å². The molecule has 2 aromatic rings. The molecule has 22 heavy (non-hydrogen) atoms. The minimum Gasteiger partial charge on any atom is -0.375 e. The number of carbonyl (C=O) groups excluding carboxylic acids is 1. The fraction of sp³-hybridized carbons (Fsp3) is 0.316. The van der Waals surface area contributed by atoms with Crippen LogP contribution in [0.3, 0.4) is 0 Å². The Morgan fingerprint density at radius 1 is 0.955 bits per heavy atom. The molecule has 114 valence electrons. The molecule has 1 saturated heterocycles. The first-order valence-corrected chi connectivity index (χ1v) is 7.78. The van der Waals surface area contributed by atoms with E-state index in [-0.39, 0.29) is 11.9 Å². The van der Waals surface area contributed by atoms with Crippen molar-refractivity contribution >= 4 is 5.91 Å². The Kier molecular flexibility index (Phi) is 4.86. The summed E-state index contributed by atoms with van der Waals surface area (Å²) in [5, 5.41) is 0. The number of rotatable bonds is 6. The van der Waals surface area contributed by atoms with E-state index in [1.807, 2.05) is 41.3 Å². The second kappa shape index (κ2) is 7.23. The lowest BCUT2D eigenvalue weighted by Crippen LogP contribution is -2.35. The number of ether oxygens (including phenoxy) is 1. The first-order chi connectivity index (χ1) is 10.8. The Hall–Kier alpha value is -2.13. The summed E-state index contributed by atoms with van der Waals surface area (Å²) in [4.78, 5) is 14.1. The monoisotopic (exact) mass is 295 g/mol. The van der Waals surface area contributed by atoms with Crippen LogP contribution in [0.5, 0.6) is 0 Å². The molecule has 2 aromatic carbocycles. The summed E-state index contributed by atoms with van der Waals surface area (Å²) < 4.78 is 5.83. The minimum atomic E-state index is 0.191. The summed E-state index contributed by atoms with van der Waals surface area (Å²) in [5.74, 6) is 0.233. The smallest absolute Gasteiger partial charge is 0.223 e. The number of amides is 1. The van der Waals surface area contributed by atoms with Crippen molar-refractivity contribution in [2.24, 2.45) is 0 Å². The normalized spacial score (nSPS) is 17.9. The molecule has 0 spiro atoms. The van der Waals surface area contributed by atoms with Gasteiger partial charge in [-0.15, -0.1) is 0 Å². The van der Waals surface area contributed by atoms with Gasteiger partial charge in [-0.1, -0.05) is 60.7 Å². The molecular weight excluding hydrogens is 274 g/mol. The fourth-order valence-corrected chi connectivity index (χ4v) is 2.85. The standard InChI is InChI=1S/C19H21NO2/c21-19-12-11-18(15-22-14-17-9-5-2-6-10-17)20(19)13-16-7-3-1-4-8-16/h1-10,18H,11-15H2/t18-/m0/s1. The summed E-state index contributed by atoms with van der Waals surface area (Å²) in [6.45, 7) is 1.89. The van der Waals surface area contributed by atoms with Crippen LogP contribution in [0.15, 0.2) is 60.7 Å². The van der Waals surface area contributed by atoms with Crippen molar-refractivity contribution in [1.82, 2.24) is 4.90 Å². The lowest BCUT2D eigenvalue weighted by Gasteiger charge is -2.25. The van der Waals surface area contributed by atoms with Crippen molar-refractivity contribution < 1.29 is 9.53 Å². The van der Waals surface area contributed by atoms with E-state index in [0.717, 1.165) is 6.42 Å². The Balaban J connectivity index is 1.54. The Morgan fingerprint density at radius 2 is 1.59 bits per heavy atom. The number of carbonyl (C=O) groups is 1. The quantitative estimate of drug-likeness (QED) is 0.817. The van der Waals surface area contributed by atoms with Crippen molar-refractivity contribution in [3.63, 3.8) is 0 Å². The molecule has 0 bridgehead atoms.